The van der Waals surface area contributed by atoms with Gasteiger partial charge in [-0.1, -0.05) is 30.3 Å². The van der Waals surface area contributed by atoms with E-state index in [0.29, 0.717) is 41.1 Å². The maximum Gasteiger partial charge on any atom is 0.404 e. The van der Waals surface area contributed by atoms with Crippen molar-refractivity contribution < 1.29 is 19.3 Å². The molecule has 1 saturated heterocycles. The Morgan fingerprint density at radius 1 is 1.20 bits per heavy atom. The SMILES string of the molecule is CC(C)n1c(-c2nonc2N)nc2c(-c3ccccc3)ncc(C(=O)N3CCC(NC(=O)O)C3)c21. The number of benzene rings is 1. The van der Waals surface area contributed by atoms with Gasteiger partial charge in [-0.25, -0.2) is 14.4 Å². The van der Waals surface area contributed by atoms with E-state index in [2.05, 4.69) is 20.6 Å². The highest BCUT2D eigenvalue weighted by atomic mass is 16.6. The minimum atomic E-state index is -1.11. The number of nitrogens with two attached hydrogens (primary N) is 1. The monoisotopic (exact) mass is 476 g/mol. The van der Waals surface area contributed by atoms with Gasteiger partial charge >= 0.3 is 6.09 Å². The first-order valence-corrected chi connectivity index (χ1v) is 11.2. The topological polar surface area (TPSA) is 165 Å². The number of amides is 2. The summed E-state index contributed by atoms with van der Waals surface area (Å²) in [6.45, 7) is 4.63. The molecule has 0 saturated carbocycles. The molecule has 12 nitrogen and oxygen atoms in total. The van der Waals surface area contributed by atoms with Crippen molar-refractivity contribution in [2.75, 3.05) is 18.8 Å². The van der Waals surface area contributed by atoms with Crippen molar-refractivity contribution in [1.29, 1.82) is 0 Å². The minimum Gasteiger partial charge on any atom is -0.465 e. The summed E-state index contributed by atoms with van der Waals surface area (Å²) in [7, 11) is 0. The normalized spacial score (nSPS) is 15.7. The van der Waals surface area contributed by atoms with Gasteiger partial charge in [-0.2, -0.15) is 0 Å². The molecule has 0 radical (unpaired) electrons. The van der Waals surface area contributed by atoms with Crippen LogP contribution in [0.2, 0.25) is 0 Å². The molecule has 5 rings (SSSR count). The lowest BCUT2D eigenvalue weighted by Crippen LogP contribution is -2.37. The molecule has 4 heterocycles. The van der Waals surface area contributed by atoms with Crippen LogP contribution < -0.4 is 11.1 Å². The zero-order valence-electron chi connectivity index (χ0n) is 19.2. The number of anilines is 1. The van der Waals surface area contributed by atoms with Crippen LogP contribution in [0, 0.1) is 0 Å². The zero-order chi connectivity index (χ0) is 24.7. The molecule has 1 aliphatic heterocycles. The van der Waals surface area contributed by atoms with E-state index in [1.165, 1.54) is 0 Å². The molecule has 2 amide bonds. The van der Waals surface area contributed by atoms with Crippen LogP contribution in [0.5, 0.6) is 0 Å². The van der Waals surface area contributed by atoms with Crippen molar-refractivity contribution in [3.05, 3.63) is 42.1 Å². The van der Waals surface area contributed by atoms with Gasteiger partial charge in [0.05, 0.1) is 22.8 Å². The van der Waals surface area contributed by atoms with Crippen LogP contribution in [0.4, 0.5) is 10.6 Å². The molecule has 1 unspecified atom stereocenters. The molecule has 0 aliphatic carbocycles. The van der Waals surface area contributed by atoms with Gasteiger partial charge in [-0.15, -0.1) is 0 Å². The highest BCUT2D eigenvalue weighted by Gasteiger charge is 2.32. The Bertz CT molecular complexity index is 1410. The van der Waals surface area contributed by atoms with E-state index >= 15 is 0 Å². The van der Waals surface area contributed by atoms with Crippen molar-refractivity contribution >= 4 is 28.9 Å². The number of nitrogens with zero attached hydrogens (tertiary/aromatic N) is 6. The average Bonchev–Trinajstić information content (AvgIpc) is 3.56. The summed E-state index contributed by atoms with van der Waals surface area (Å²) in [5.41, 5.74) is 9.20. The summed E-state index contributed by atoms with van der Waals surface area (Å²) in [4.78, 5) is 35.8. The number of hydrogen-bond acceptors (Lipinski definition) is 8. The second-order valence-corrected chi connectivity index (χ2v) is 8.67. The number of nitrogen functional groups attached to an aromatic ring is 1. The molecule has 4 N–H and O–H groups in total. The molecule has 1 aliphatic rings. The Hall–Kier alpha value is -4.48. The molecule has 0 spiro atoms. The van der Waals surface area contributed by atoms with Gasteiger partial charge in [-0.05, 0) is 30.6 Å². The molecule has 12 heteroatoms. The summed E-state index contributed by atoms with van der Waals surface area (Å²) in [6.07, 6.45) is 0.980. The van der Waals surface area contributed by atoms with Crippen molar-refractivity contribution in [3.8, 4) is 22.8 Å². The zero-order valence-corrected chi connectivity index (χ0v) is 19.2. The van der Waals surface area contributed by atoms with Crippen molar-refractivity contribution in [1.82, 2.24) is 35.1 Å². The Balaban J connectivity index is 1.71. The lowest BCUT2D eigenvalue weighted by atomic mass is 10.1. The Morgan fingerprint density at radius 3 is 2.63 bits per heavy atom. The van der Waals surface area contributed by atoms with Gasteiger partial charge < -0.3 is 25.6 Å². The number of carbonyl (C=O) groups excluding carboxylic acids is 1. The van der Waals surface area contributed by atoms with Crippen LogP contribution in [0.25, 0.3) is 33.8 Å². The van der Waals surface area contributed by atoms with Crippen molar-refractivity contribution in [3.63, 3.8) is 0 Å². The number of aromatic nitrogens is 5. The fourth-order valence-electron chi connectivity index (χ4n) is 4.50. The number of pyridine rings is 1. The van der Waals surface area contributed by atoms with E-state index in [1.54, 1.807) is 11.1 Å². The molecule has 3 aromatic heterocycles. The number of imidazole rings is 1. The average molecular weight is 476 g/mol. The molecular weight excluding hydrogens is 452 g/mol. The predicted molar refractivity (Wildman–Crippen MR) is 127 cm³/mol. The van der Waals surface area contributed by atoms with E-state index in [-0.39, 0.29) is 36.0 Å². The summed E-state index contributed by atoms with van der Waals surface area (Å²) in [5.74, 6) is 0.252. The number of rotatable bonds is 5. The van der Waals surface area contributed by atoms with Gasteiger partial charge in [0.15, 0.2) is 17.3 Å². The van der Waals surface area contributed by atoms with Crippen LogP contribution in [0.15, 0.2) is 41.2 Å². The quantitative estimate of drug-likeness (QED) is 0.392. The van der Waals surface area contributed by atoms with E-state index in [9.17, 15) is 9.59 Å². The highest BCUT2D eigenvalue weighted by molar-refractivity contribution is 6.08. The second kappa shape index (κ2) is 8.70. The number of likely N-dealkylation sites (tertiary alicyclic amines) is 1. The highest BCUT2D eigenvalue weighted by Crippen LogP contribution is 2.36. The van der Waals surface area contributed by atoms with E-state index < -0.39 is 6.09 Å². The fraction of sp³-hybridized carbons (Fsp3) is 0.304. The lowest BCUT2D eigenvalue weighted by molar-refractivity contribution is 0.0789. The van der Waals surface area contributed by atoms with E-state index in [0.717, 1.165) is 5.56 Å². The van der Waals surface area contributed by atoms with Crippen LogP contribution in [0.3, 0.4) is 0 Å². The van der Waals surface area contributed by atoms with Crippen LogP contribution in [-0.2, 0) is 0 Å². The largest absolute Gasteiger partial charge is 0.465 e. The summed E-state index contributed by atoms with van der Waals surface area (Å²) in [5, 5.41) is 19.1. The maximum absolute atomic E-state index is 13.7. The first kappa shape index (κ1) is 22.3. The first-order chi connectivity index (χ1) is 16.8. The van der Waals surface area contributed by atoms with Gasteiger partial charge in [-0.3, -0.25) is 9.78 Å². The molecule has 1 aromatic carbocycles. The Morgan fingerprint density at radius 2 is 1.97 bits per heavy atom. The van der Waals surface area contributed by atoms with Crippen molar-refractivity contribution in [2.24, 2.45) is 0 Å². The molecule has 1 fully saturated rings. The third-order valence-electron chi connectivity index (χ3n) is 6.04. The van der Waals surface area contributed by atoms with Crippen LogP contribution in [-0.4, -0.2) is 66.0 Å². The summed E-state index contributed by atoms with van der Waals surface area (Å²) in [6, 6.07) is 9.12. The minimum absolute atomic E-state index is 0.0893. The molecule has 4 aromatic rings. The van der Waals surface area contributed by atoms with Gasteiger partial charge in [0.25, 0.3) is 5.91 Å². The molecular formula is C23H24N8O4. The molecule has 1 atom stereocenters. The number of carbonyl (C=O) groups is 2. The van der Waals surface area contributed by atoms with Crippen LogP contribution >= 0.6 is 0 Å². The van der Waals surface area contributed by atoms with Gasteiger partial charge in [0, 0.05) is 30.9 Å². The van der Waals surface area contributed by atoms with E-state index in [1.807, 2.05) is 48.7 Å². The lowest BCUT2D eigenvalue weighted by Gasteiger charge is -2.19. The Labute approximate surface area is 199 Å². The second-order valence-electron chi connectivity index (χ2n) is 8.67. The Kier molecular flexibility index (Phi) is 5.55. The number of carboxylic acid groups (broad SMARTS) is 1. The van der Waals surface area contributed by atoms with Crippen LogP contribution in [0.1, 0.15) is 36.7 Å². The molecule has 0 bridgehead atoms. The predicted octanol–water partition coefficient (Wildman–Crippen LogP) is 2.79. The number of nitrogens with one attached hydrogen (secondary N) is 1. The van der Waals surface area contributed by atoms with Crippen molar-refractivity contribution in [2.45, 2.75) is 32.4 Å². The number of hydrogen-bond donors (Lipinski definition) is 3. The number of fused-ring (bicyclic) bond motifs is 1. The smallest absolute Gasteiger partial charge is 0.404 e. The van der Waals surface area contributed by atoms with E-state index in [4.69, 9.17) is 20.5 Å². The fourth-order valence-corrected chi connectivity index (χ4v) is 4.50. The van der Waals surface area contributed by atoms with Gasteiger partial charge in [0.1, 0.15) is 5.52 Å². The first-order valence-electron chi connectivity index (χ1n) is 11.2. The maximum atomic E-state index is 13.7. The summed E-state index contributed by atoms with van der Waals surface area (Å²) >= 11 is 0. The third-order valence-corrected chi connectivity index (χ3v) is 6.04. The third kappa shape index (κ3) is 3.92. The standard InChI is InChI=1S/C23H24N8O4/c1-12(2)31-19-15(22(32)30-9-8-14(11-30)26-23(33)34)10-25-16(13-6-4-3-5-7-13)17(19)27-21(31)18-20(24)29-35-28-18/h3-7,10,12,14,26H,8-9,11H2,1-2H3,(H2,24,29)(H,33,34). The summed E-state index contributed by atoms with van der Waals surface area (Å²) < 4.78 is 6.71. The molecule has 35 heavy (non-hydrogen) atoms. The molecule has 180 valence electrons. The van der Waals surface area contributed by atoms with Gasteiger partial charge in [0.2, 0.25) is 0 Å².